The molecule has 4 saturated carbocycles. The number of methoxy groups -OCH3 is 1. The van der Waals surface area contributed by atoms with E-state index >= 15 is 0 Å². The molecule has 9 atom stereocenters. The van der Waals surface area contributed by atoms with Gasteiger partial charge in [0.2, 0.25) is 5.91 Å². The van der Waals surface area contributed by atoms with Crippen LogP contribution in [0.2, 0.25) is 0 Å². The highest BCUT2D eigenvalue weighted by atomic mass is 16.5. The van der Waals surface area contributed by atoms with Crippen molar-refractivity contribution < 1.29 is 19.1 Å². The Morgan fingerprint density at radius 1 is 0.898 bits per heavy atom. The monoisotopic (exact) mass is 670 g/mol. The number of nitrogens with one attached hydrogen (secondary N) is 1. The zero-order valence-electron chi connectivity index (χ0n) is 31.8. The molecule has 0 aromatic heterocycles. The van der Waals surface area contributed by atoms with Crippen molar-refractivity contribution >= 4 is 23.2 Å². The van der Waals surface area contributed by atoms with Crippen LogP contribution in [0.3, 0.4) is 0 Å². The minimum Gasteiger partial charge on any atom is -0.465 e. The van der Waals surface area contributed by atoms with E-state index in [1.54, 1.807) is 0 Å². The van der Waals surface area contributed by atoms with Crippen molar-refractivity contribution in [1.29, 1.82) is 0 Å². The fourth-order valence-corrected chi connectivity index (χ4v) is 13.3. The summed E-state index contributed by atoms with van der Waals surface area (Å²) in [6.45, 7) is 19.9. The number of rotatable bonds is 8. The smallest absolute Gasteiger partial charge is 0.337 e. The van der Waals surface area contributed by atoms with E-state index in [-0.39, 0.29) is 51.3 Å². The van der Waals surface area contributed by atoms with Crippen LogP contribution in [0.15, 0.2) is 42.5 Å². The maximum atomic E-state index is 14.3. The summed E-state index contributed by atoms with van der Waals surface area (Å²) >= 11 is 0. The Labute approximate surface area is 295 Å². The molecule has 0 bridgehead atoms. The number of esters is 1. The van der Waals surface area contributed by atoms with Gasteiger partial charge >= 0.3 is 5.97 Å². The van der Waals surface area contributed by atoms with Crippen molar-refractivity contribution in [3.05, 3.63) is 53.6 Å². The topological polar surface area (TPSA) is 75.7 Å². The largest absolute Gasteiger partial charge is 0.465 e. The van der Waals surface area contributed by atoms with Crippen LogP contribution >= 0.6 is 0 Å². The maximum absolute atomic E-state index is 14.3. The number of benzene rings is 1. The average molecular weight is 671 g/mol. The predicted molar refractivity (Wildman–Crippen MR) is 197 cm³/mol. The molecule has 0 radical (unpaired) electrons. The first kappa shape index (κ1) is 36.1. The molecule has 268 valence electrons. The molecule has 6 nitrogen and oxygen atoms in total. The Balaban J connectivity index is 1.30. The van der Waals surface area contributed by atoms with Gasteiger partial charge in [0.05, 0.1) is 25.8 Å². The van der Waals surface area contributed by atoms with Crippen molar-refractivity contribution in [2.24, 2.45) is 56.7 Å². The lowest BCUT2D eigenvalue weighted by Crippen LogP contribution is -2.66. The third kappa shape index (κ3) is 5.40. The third-order valence-electron chi connectivity index (χ3n) is 15.7. The highest BCUT2D eigenvalue weighted by molar-refractivity contribution is 5.91. The first-order chi connectivity index (χ1) is 23.0. The van der Waals surface area contributed by atoms with Crippen molar-refractivity contribution in [2.45, 2.75) is 99.3 Å². The lowest BCUT2D eigenvalue weighted by atomic mass is 9.32. The lowest BCUT2D eigenvalue weighted by Gasteiger charge is -2.72. The zero-order chi connectivity index (χ0) is 35.7. The van der Waals surface area contributed by atoms with E-state index in [0.717, 1.165) is 32.1 Å². The van der Waals surface area contributed by atoms with E-state index in [2.05, 4.69) is 71.6 Å². The number of amides is 1. The standard InChI is InChI=1S/C43H62N2O4/c1-27(2)30-17-22-43(35(46)25-44-36(47)26-45(8)9)24-23-41(6)32(37(30)43)15-16-34-40(5)20-18-31(28-11-13-29(14-12-28)38(48)49-10)39(3,4)33(40)19-21-42(34,41)7/h11-14,18,30,32-34,37H,1,15-17,19-26H2,2-10H3,(H,44,47)/t30-,32+,33-,34+,37+,40-,41+,42+,43+/m0/s1. The summed E-state index contributed by atoms with van der Waals surface area (Å²) in [5.74, 6) is 2.18. The van der Waals surface area contributed by atoms with Crippen LogP contribution in [0.5, 0.6) is 0 Å². The molecule has 1 amide bonds. The SMILES string of the molecule is C=C(C)[C@@H]1CC[C@]2(C(=O)CNC(=O)CN(C)C)CC[C@]3(C)[C@H](CC[C@@H]4[C@@]5(C)CC=C(c6ccc(C(=O)OC)cc6)C(C)(C)[C@@H]5CC[C@]43C)[C@@H]12. The molecule has 1 aromatic carbocycles. The van der Waals surface area contributed by atoms with Crippen LogP contribution in [0, 0.1) is 56.7 Å². The number of Topliss-reactive ketones (excluding diaryl/α,β-unsaturated/α-hetero) is 1. The molecule has 0 unspecified atom stereocenters. The van der Waals surface area contributed by atoms with Gasteiger partial charge in [-0.15, -0.1) is 0 Å². The number of likely N-dealkylation sites (N-methyl/N-ethyl adjacent to an activating group) is 1. The van der Waals surface area contributed by atoms with Gasteiger partial charge in [0.25, 0.3) is 0 Å². The number of hydrogen-bond donors (Lipinski definition) is 1. The van der Waals surface area contributed by atoms with Gasteiger partial charge in [-0.1, -0.05) is 65.0 Å². The Bertz CT molecular complexity index is 1540. The van der Waals surface area contributed by atoms with Gasteiger partial charge in [-0.25, -0.2) is 4.79 Å². The van der Waals surface area contributed by atoms with Crippen molar-refractivity contribution in [3.8, 4) is 0 Å². The summed E-state index contributed by atoms with van der Waals surface area (Å²) in [6, 6.07) is 8.01. The molecular weight excluding hydrogens is 608 g/mol. The molecule has 0 spiro atoms. The number of hydrogen-bond acceptors (Lipinski definition) is 5. The molecule has 0 aliphatic heterocycles. The summed E-state index contributed by atoms with van der Waals surface area (Å²) in [5, 5.41) is 2.99. The fraction of sp³-hybridized carbons (Fsp3) is 0.698. The minimum atomic E-state index is -0.364. The van der Waals surface area contributed by atoms with Crippen LogP contribution in [-0.4, -0.2) is 56.9 Å². The molecule has 49 heavy (non-hydrogen) atoms. The van der Waals surface area contributed by atoms with Crippen LogP contribution in [0.1, 0.15) is 115 Å². The summed E-state index contributed by atoms with van der Waals surface area (Å²) < 4.78 is 4.95. The molecule has 5 aliphatic rings. The number of ketones is 1. The highest BCUT2D eigenvalue weighted by Gasteiger charge is 2.71. The van der Waals surface area contributed by atoms with Crippen LogP contribution < -0.4 is 5.32 Å². The first-order valence-corrected chi connectivity index (χ1v) is 19.0. The zero-order valence-corrected chi connectivity index (χ0v) is 31.8. The minimum absolute atomic E-state index is 0.000517. The quantitative estimate of drug-likeness (QED) is 0.222. The number of carbonyl (C=O) groups excluding carboxylic acids is 3. The third-order valence-corrected chi connectivity index (χ3v) is 15.7. The fourth-order valence-electron chi connectivity index (χ4n) is 13.3. The highest BCUT2D eigenvalue weighted by Crippen LogP contribution is 2.77. The molecule has 0 saturated heterocycles. The van der Waals surface area contributed by atoms with E-state index < -0.39 is 0 Å². The molecule has 5 aliphatic carbocycles. The first-order valence-electron chi connectivity index (χ1n) is 19.0. The van der Waals surface area contributed by atoms with Gasteiger partial charge in [0, 0.05) is 5.41 Å². The van der Waals surface area contributed by atoms with E-state index in [9.17, 15) is 14.4 Å². The average Bonchev–Trinajstić information content (AvgIpc) is 3.44. The second kappa shape index (κ2) is 12.5. The van der Waals surface area contributed by atoms with E-state index in [4.69, 9.17) is 4.74 Å². The van der Waals surface area contributed by atoms with Crippen LogP contribution in [-0.2, 0) is 14.3 Å². The van der Waals surface area contributed by atoms with Gasteiger partial charge in [0.15, 0.2) is 5.78 Å². The number of carbonyl (C=O) groups is 3. The number of nitrogens with zero attached hydrogens (tertiary/aromatic N) is 1. The molecule has 6 rings (SSSR count). The summed E-state index contributed by atoms with van der Waals surface area (Å²) in [6.07, 6.45) is 12.4. The molecule has 0 heterocycles. The predicted octanol–water partition coefficient (Wildman–Crippen LogP) is 8.37. The molecule has 1 aromatic rings. The van der Waals surface area contributed by atoms with Gasteiger partial charge in [-0.05, 0) is 153 Å². The van der Waals surface area contributed by atoms with E-state index in [1.807, 2.05) is 31.1 Å². The van der Waals surface area contributed by atoms with Crippen molar-refractivity contribution in [3.63, 3.8) is 0 Å². The van der Waals surface area contributed by atoms with Crippen molar-refractivity contribution in [2.75, 3.05) is 34.3 Å². The molecule has 4 fully saturated rings. The van der Waals surface area contributed by atoms with Crippen LogP contribution in [0.4, 0.5) is 0 Å². The Morgan fingerprint density at radius 2 is 1.59 bits per heavy atom. The van der Waals surface area contributed by atoms with Gasteiger partial charge in [0.1, 0.15) is 0 Å². The second-order valence-electron chi connectivity index (χ2n) is 18.4. The van der Waals surface area contributed by atoms with Gasteiger partial charge in [-0.3, -0.25) is 9.59 Å². The van der Waals surface area contributed by atoms with Crippen LogP contribution in [0.25, 0.3) is 5.57 Å². The molecule has 1 N–H and O–H groups in total. The van der Waals surface area contributed by atoms with E-state index in [0.29, 0.717) is 41.7 Å². The summed E-state index contributed by atoms with van der Waals surface area (Å²) in [4.78, 5) is 40.9. The normalized spacial score (nSPS) is 39.1. The maximum Gasteiger partial charge on any atom is 0.337 e. The molecular formula is C43H62N2O4. The lowest BCUT2D eigenvalue weighted by molar-refractivity contribution is -0.224. The number of allylic oxidation sites excluding steroid dienone is 3. The molecule has 6 heteroatoms. The Morgan fingerprint density at radius 3 is 2.22 bits per heavy atom. The van der Waals surface area contributed by atoms with Gasteiger partial charge in [-0.2, -0.15) is 0 Å². The van der Waals surface area contributed by atoms with E-state index in [1.165, 1.54) is 49.5 Å². The van der Waals surface area contributed by atoms with Gasteiger partial charge < -0.3 is 15.0 Å². The Hall–Kier alpha value is -2.73. The number of fused-ring (bicyclic) bond motifs is 7. The van der Waals surface area contributed by atoms with Crippen molar-refractivity contribution in [1.82, 2.24) is 10.2 Å². The number of ether oxygens (including phenoxy) is 1. The summed E-state index contributed by atoms with van der Waals surface area (Å²) in [7, 11) is 5.19. The second-order valence-corrected chi connectivity index (χ2v) is 18.4. The Kier molecular flexibility index (Phi) is 9.20. The summed E-state index contributed by atoms with van der Waals surface area (Å²) in [5.41, 5.74) is 4.58.